The van der Waals surface area contributed by atoms with Gasteiger partial charge in [-0.2, -0.15) is 5.10 Å². The van der Waals surface area contributed by atoms with Gasteiger partial charge in [-0.05, 0) is 42.8 Å². The van der Waals surface area contributed by atoms with Gasteiger partial charge in [-0.1, -0.05) is 44.2 Å². The SMILES string of the molecule is CCc1nn(-c2ccccc2)c(N2CCN(CC)CC2)c1CN(CCOC)Cc1cccc(O)c1. The Labute approximate surface area is 209 Å². The molecule has 0 unspecified atom stereocenters. The smallest absolute Gasteiger partial charge is 0.137 e. The highest BCUT2D eigenvalue weighted by Gasteiger charge is 2.27. The largest absolute Gasteiger partial charge is 0.508 e. The second-order valence-corrected chi connectivity index (χ2v) is 9.14. The van der Waals surface area contributed by atoms with Crippen LogP contribution in [-0.4, -0.2) is 77.7 Å². The molecule has 4 rings (SSSR count). The van der Waals surface area contributed by atoms with E-state index in [2.05, 4.69) is 69.6 Å². The molecule has 0 amide bonds. The summed E-state index contributed by atoms with van der Waals surface area (Å²) in [6.07, 6.45) is 0.876. The molecule has 0 spiro atoms. The predicted molar refractivity (Wildman–Crippen MR) is 141 cm³/mol. The normalized spacial score (nSPS) is 14.7. The van der Waals surface area contributed by atoms with Crippen molar-refractivity contribution < 1.29 is 9.84 Å². The lowest BCUT2D eigenvalue weighted by Gasteiger charge is -2.36. The Hall–Kier alpha value is -2.87. The zero-order chi connectivity index (χ0) is 24.6. The highest BCUT2D eigenvalue weighted by molar-refractivity contribution is 5.56. The van der Waals surface area contributed by atoms with E-state index in [1.54, 1.807) is 13.2 Å². The number of hydrogen-bond acceptors (Lipinski definition) is 6. The number of nitrogens with zero attached hydrogens (tertiary/aromatic N) is 5. The van der Waals surface area contributed by atoms with Crippen molar-refractivity contribution >= 4 is 5.82 Å². The third-order valence-electron chi connectivity index (χ3n) is 6.80. The number of methoxy groups -OCH3 is 1. The quantitative estimate of drug-likeness (QED) is 0.452. The Morgan fingerprint density at radius 1 is 0.971 bits per heavy atom. The molecule has 1 fully saturated rings. The number of phenols is 1. The molecule has 35 heavy (non-hydrogen) atoms. The van der Waals surface area contributed by atoms with Gasteiger partial charge in [0.15, 0.2) is 0 Å². The molecular weight excluding hydrogens is 438 g/mol. The summed E-state index contributed by atoms with van der Waals surface area (Å²) in [5.41, 5.74) is 4.61. The number of likely N-dealkylation sites (N-methyl/N-ethyl adjacent to an activating group) is 1. The van der Waals surface area contributed by atoms with Crippen molar-refractivity contribution in [2.45, 2.75) is 33.4 Å². The molecule has 0 saturated carbocycles. The lowest BCUT2D eigenvalue weighted by molar-refractivity contribution is 0.140. The third kappa shape index (κ3) is 6.23. The molecule has 0 bridgehead atoms. The minimum Gasteiger partial charge on any atom is -0.508 e. The molecule has 188 valence electrons. The first kappa shape index (κ1) is 25.2. The van der Waals surface area contributed by atoms with Crippen LogP contribution in [0.4, 0.5) is 5.82 Å². The number of benzene rings is 2. The standard InChI is InChI=1S/C28H39N5O2/c1-4-27-26(22-31(18-19-35-3)21-23-10-9-13-25(34)20-23)28(32-16-14-30(5-2)15-17-32)33(29-27)24-11-7-6-8-12-24/h6-13,20,34H,4-5,14-19,21-22H2,1-3H3. The van der Waals surface area contributed by atoms with Crippen LogP contribution in [0.15, 0.2) is 54.6 Å². The van der Waals surface area contributed by atoms with Gasteiger partial charge in [-0.25, -0.2) is 4.68 Å². The molecule has 7 heteroatoms. The molecule has 2 aromatic carbocycles. The van der Waals surface area contributed by atoms with Crippen LogP contribution in [0.2, 0.25) is 0 Å². The average Bonchev–Trinajstić information content (AvgIpc) is 3.26. The highest BCUT2D eigenvalue weighted by Crippen LogP contribution is 2.31. The number of phenolic OH excluding ortho intramolecular Hbond substituents is 1. The first-order valence-electron chi connectivity index (χ1n) is 12.8. The number of para-hydroxylation sites is 1. The van der Waals surface area contributed by atoms with E-state index in [0.29, 0.717) is 12.4 Å². The van der Waals surface area contributed by atoms with Gasteiger partial charge in [-0.15, -0.1) is 0 Å². The van der Waals surface area contributed by atoms with Crippen molar-refractivity contribution in [3.8, 4) is 11.4 Å². The van der Waals surface area contributed by atoms with Crippen molar-refractivity contribution in [2.75, 3.05) is 57.9 Å². The number of anilines is 1. The van der Waals surface area contributed by atoms with Crippen molar-refractivity contribution in [2.24, 2.45) is 0 Å². The zero-order valence-corrected chi connectivity index (χ0v) is 21.4. The topological polar surface area (TPSA) is 57.0 Å². The Balaban J connectivity index is 1.71. The van der Waals surface area contributed by atoms with Gasteiger partial charge < -0.3 is 19.6 Å². The van der Waals surface area contributed by atoms with E-state index in [1.165, 1.54) is 11.4 Å². The molecule has 1 N–H and O–H groups in total. The number of ether oxygens (including phenoxy) is 1. The van der Waals surface area contributed by atoms with E-state index < -0.39 is 0 Å². The Morgan fingerprint density at radius 3 is 2.40 bits per heavy atom. The average molecular weight is 478 g/mol. The van der Waals surface area contributed by atoms with E-state index in [-0.39, 0.29) is 0 Å². The Morgan fingerprint density at radius 2 is 1.74 bits per heavy atom. The summed E-state index contributed by atoms with van der Waals surface area (Å²) in [7, 11) is 1.75. The van der Waals surface area contributed by atoms with Gasteiger partial charge in [0.05, 0.1) is 18.0 Å². The van der Waals surface area contributed by atoms with E-state index in [9.17, 15) is 5.11 Å². The fraction of sp³-hybridized carbons (Fsp3) is 0.464. The van der Waals surface area contributed by atoms with Crippen molar-refractivity contribution in [1.29, 1.82) is 0 Å². The fourth-order valence-electron chi connectivity index (χ4n) is 4.85. The summed E-state index contributed by atoms with van der Waals surface area (Å²) in [5.74, 6) is 1.51. The maximum atomic E-state index is 9.99. The van der Waals surface area contributed by atoms with Crippen LogP contribution in [0.5, 0.6) is 5.75 Å². The summed E-state index contributed by atoms with van der Waals surface area (Å²) in [4.78, 5) is 7.42. The molecule has 1 saturated heterocycles. The predicted octanol–water partition coefficient (Wildman–Crippen LogP) is 3.93. The summed E-state index contributed by atoms with van der Waals surface area (Å²) >= 11 is 0. The molecule has 1 aliphatic heterocycles. The molecular formula is C28H39N5O2. The molecule has 7 nitrogen and oxygen atoms in total. The molecule has 3 aromatic rings. The molecule has 1 aliphatic rings. The second kappa shape index (κ2) is 12.2. The van der Waals surface area contributed by atoms with Crippen LogP contribution in [0.25, 0.3) is 5.69 Å². The number of aromatic nitrogens is 2. The highest BCUT2D eigenvalue weighted by atomic mass is 16.5. The fourth-order valence-corrected chi connectivity index (χ4v) is 4.85. The van der Waals surface area contributed by atoms with E-state index in [0.717, 1.165) is 75.7 Å². The van der Waals surface area contributed by atoms with Crippen LogP contribution < -0.4 is 4.90 Å². The van der Waals surface area contributed by atoms with Gasteiger partial charge in [0.25, 0.3) is 0 Å². The second-order valence-electron chi connectivity index (χ2n) is 9.14. The van der Waals surface area contributed by atoms with Gasteiger partial charge >= 0.3 is 0 Å². The van der Waals surface area contributed by atoms with Gasteiger partial charge in [0.2, 0.25) is 0 Å². The monoisotopic (exact) mass is 477 g/mol. The van der Waals surface area contributed by atoms with Gasteiger partial charge in [0, 0.05) is 58.5 Å². The third-order valence-corrected chi connectivity index (χ3v) is 6.80. The van der Waals surface area contributed by atoms with Crippen molar-refractivity contribution in [3.63, 3.8) is 0 Å². The van der Waals surface area contributed by atoms with Crippen LogP contribution in [0.3, 0.4) is 0 Å². The number of aryl methyl sites for hydroxylation is 1. The summed E-state index contributed by atoms with van der Waals surface area (Å²) in [6, 6.07) is 18.0. The van der Waals surface area contributed by atoms with Crippen molar-refractivity contribution in [3.05, 3.63) is 71.4 Å². The van der Waals surface area contributed by atoms with E-state index in [4.69, 9.17) is 9.84 Å². The van der Waals surface area contributed by atoms with Gasteiger partial charge in [0.1, 0.15) is 11.6 Å². The number of piperazine rings is 1. The summed E-state index contributed by atoms with van der Waals surface area (Å²) < 4.78 is 7.60. The lowest BCUT2D eigenvalue weighted by atomic mass is 10.1. The molecule has 0 aliphatic carbocycles. The lowest BCUT2D eigenvalue weighted by Crippen LogP contribution is -2.47. The van der Waals surface area contributed by atoms with Crippen LogP contribution in [-0.2, 0) is 24.2 Å². The van der Waals surface area contributed by atoms with Crippen molar-refractivity contribution in [1.82, 2.24) is 19.6 Å². The first-order chi connectivity index (χ1) is 17.1. The van der Waals surface area contributed by atoms with Crippen LogP contribution >= 0.6 is 0 Å². The molecule has 2 heterocycles. The number of hydrogen-bond donors (Lipinski definition) is 1. The maximum Gasteiger partial charge on any atom is 0.137 e. The number of rotatable bonds is 11. The van der Waals surface area contributed by atoms with Crippen LogP contribution in [0, 0.1) is 0 Å². The van der Waals surface area contributed by atoms with E-state index in [1.807, 2.05) is 12.1 Å². The Kier molecular flexibility index (Phi) is 8.79. The van der Waals surface area contributed by atoms with E-state index >= 15 is 0 Å². The maximum absolute atomic E-state index is 9.99. The number of aromatic hydroxyl groups is 1. The Bertz CT molecular complexity index is 1060. The molecule has 1 aromatic heterocycles. The summed E-state index contributed by atoms with van der Waals surface area (Å²) in [6.45, 7) is 12.6. The minimum absolute atomic E-state index is 0.301. The minimum atomic E-state index is 0.301. The summed E-state index contributed by atoms with van der Waals surface area (Å²) in [5, 5.41) is 15.1. The zero-order valence-electron chi connectivity index (χ0n) is 21.4. The van der Waals surface area contributed by atoms with Gasteiger partial charge in [-0.3, -0.25) is 4.90 Å². The molecule has 0 atom stereocenters. The van der Waals surface area contributed by atoms with Crippen LogP contribution in [0.1, 0.15) is 30.7 Å². The molecule has 0 radical (unpaired) electrons. The first-order valence-corrected chi connectivity index (χ1v) is 12.8.